The van der Waals surface area contributed by atoms with Gasteiger partial charge in [0, 0.05) is 51.8 Å². The summed E-state index contributed by atoms with van der Waals surface area (Å²) >= 11 is 0. The lowest BCUT2D eigenvalue weighted by Gasteiger charge is -2.12. The van der Waals surface area contributed by atoms with E-state index in [1.807, 2.05) is 16.9 Å². The molecule has 2 heterocycles. The standard InChI is InChI=1S/C17H24F3N7/c1-21-16(24-9-3-11-27-12-4-10-26-27)23-8-2-7-22-15-6-5-14(13-25-15)17(18,19)20/h4-6,10,12-13H,2-3,7-9,11H2,1H3,(H,22,25)(H2,21,23,24). The maximum atomic E-state index is 12.5. The fraction of sp³-hybridized carbons (Fsp3) is 0.471. The summed E-state index contributed by atoms with van der Waals surface area (Å²) in [5.41, 5.74) is -0.753. The van der Waals surface area contributed by atoms with Gasteiger partial charge in [0.15, 0.2) is 5.96 Å². The van der Waals surface area contributed by atoms with Gasteiger partial charge in [-0.2, -0.15) is 18.3 Å². The van der Waals surface area contributed by atoms with Crippen molar-refractivity contribution in [2.45, 2.75) is 25.6 Å². The zero-order valence-corrected chi connectivity index (χ0v) is 15.1. The van der Waals surface area contributed by atoms with Crippen molar-refractivity contribution in [1.82, 2.24) is 25.4 Å². The lowest BCUT2D eigenvalue weighted by Crippen LogP contribution is -2.38. The van der Waals surface area contributed by atoms with E-state index in [9.17, 15) is 13.2 Å². The van der Waals surface area contributed by atoms with E-state index in [2.05, 4.69) is 31.0 Å². The zero-order valence-electron chi connectivity index (χ0n) is 15.1. The Kier molecular flexibility index (Phi) is 7.90. The zero-order chi connectivity index (χ0) is 19.5. The molecule has 0 atom stereocenters. The third-order valence-electron chi connectivity index (χ3n) is 3.68. The summed E-state index contributed by atoms with van der Waals surface area (Å²) in [5.74, 6) is 1.13. The molecule has 2 rings (SSSR count). The number of guanidine groups is 1. The van der Waals surface area contributed by atoms with Gasteiger partial charge in [0.2, 0.25) is 0 Å². The van der Waals surface area contributed by atoms with Crippen LogP contribution in [0, 0.1) is 0 Å². The van der Waals surface area contributed by atoms with Gasteiger partial charge in [0.05, 0.1) is 5.56 Å². The summed E-state index contributed by atoms with van der Waals surface area (Å²) in [5, 5.41) is 13.5. The van der Waals surface area contributed by atoms with Gasteiger partial charge in [-0.15, -0.1) is 0 Å². The van der Waals surface area contributed by atoms with Crippen LogP contribution in [-0.2, 0) is 12.7 Å². The minimum Gasteiger partial charge on any atom is -0.370 e. The van der Waals surface area contributed by atoms with Crippen LogP contribution in [0.5, 0.6) is 0 Å². The second kappa shape index (κ2) is 10.4. The van der Waals surface area contributed by atoms with Gasteiger partial charge in [-0.05, 0) is 31.0 Å². The molecule has 0 aromatic carbocycles. The van der Waals surface area contributed by atoms with Crippen LogP contribution in [-0.4, -0.2) is 47.4 Å². The number of aromatic nitrogens is 3. The van der Waals surface area contributed by atoms with Crippen LogP contribution in [0.15, 0.2) is 41.8 Å². The van der Waals surface area contributed by atoms with Crippen molar-refractivity contribution in [2.24, 2.45) is 4.99 Å². The van der Waals surface area contributed by atoms with E-state index in [1.54, 1.807) is 13.2 Å². The van der Waals surface area contributed by atoms with Crippen LogP contribution in [0.1, 0.15) is 18.4 Å². The topological polar surface area (TPSA) is 79.2 Å². The largest absolute Gasteiger partial charge is 0.417 e. The molecule has 0 unspecified atom stereocenters. The molecule has 0 saturated heterocycles. The second-order valence-electron chi connectivity index (χ2n) is 5.76. The first kappa shape index (κ1) is 20.5. The van der Waals surface area contributed by atoms with Gasteiger partial charge < -0.3 is 16.0 Å². The summed E-state index contributed by atoms with van der Waals surface area (Å²) in [6, 6.07) is 4.24. The summed E-state index contributed by atoms with van der Waals surface area (Å²) in [6.07, 6.45) is 1.82. The van der Waals surface area contributed by atoms with Gasteiger partial charge >= 0.3 is 6.18 Å². The molecule has 0 amide bonds. The molecule has 2 aromatic heterocycles. The molecule has 148 valence electrons. The maximum absolute atomic E-state index is 12.5. The molecule has 0 fully saturated rings. The molecule has 3 N–H and O–H groups in total. The van der Waals surface area contributed by atoms with Crippen LogP contribution >= 0.6 is 0 Å². The molecular weight excluding hydrogens is 359 g/mol. The minimum absolute atomic E-state index is 0.420. The molecule has 0 radical (unpaired) electrons. The van der Waals surface area contributed by atoms with Crippen molar-refractivity contribution in [2.75, 3.05) is 32.0 Å². The average Bonchev–Trinajstić information content (AvgIpc) is 3.16. The minimum atomic E-state index is -4.36. The fourth-order valence-corrected chi connectivity index (χ4v) is 2.28. The van der Waals surface area contributed by atoms with Crippen molar-refractivity contribution >= 4 is 11.8 Å². The summed E-state index contributed by atoms with van der Waals surface area (Å²) < 4.78 is 39.3. The lowest BCUT2D eigenvalue weighted by atomic mass is 10.3. The molecule has 7 nitrogen and oxygen atoms in total. The van der Waals surface area contributed by atoms with E-state index in [-0.39, 0.29) is 0 Å². The molecule has 0 aliphatic heterocycles. The predicted molar refractivity (Wildman–Crippen MR) is 98.6 cm³/mol. The number of pyridine rings is 1. The molecule has 0 aliphatic rings. The van der Waals surface area contributed by atoms with Crippen LogP contribution in [0.4, 0.5) is 19.0 Å². The number of hydrogen-bond donors (Lipinski definition) is 3. The van der Waals surface area contributed by atoms with Gasteiger partial charge in [0.1, 0.15) is 5.82 Å². The Bertz CT molecular complexity index is 682. The van der Waals surface area contributed by atoms with E-state index < -0.39 is 11.7 Å². The Morgan fingerprint density at radius 3 is 2.52 bits per heavy atom. The number of alkyl halides is 3. The van der Waals surface area contributed by atoms with Crippen LogP contribution < -0.4 is 16.0 Å². The first-order valence-corrected chi connectivity index (χ1v) is 8.68. The highest BCUT2D eigenvalue weighted by Gasteiger charge is 2.30. The maximum Gasteiger partial charge on any atom is 0.417 e. The molecule has 10 heteroatoms. The highest BCUT2D eigenvalue weighted by Crippen LogP contribution is 2.28. The van der Waals surface area contributed by atoms with Gasteiger partial charge in [0.25, 0.3) is 0 Å². The van der Waals surface area contributed by atoms with Crippen molar-refractivity contribution in [3.63, 3.8) is 0 Å². The molecular formula is C17H24F3N7. The Balaban J connectivity index is 1.56. The number of nitrogens with one attached hydrogen (secondary N) is 3. The Labute approximate surface area is 156 Å². The molecule has 0 aliphatic carbocycles. The number of anilines is 1. The van der Waals surface area contributed by atoms with Crippen LogP contribution in [0.25, 0.3) is 0 Å². The first-order chi connectivity index (χ1) is 13.0. The van der Waals surface area contributed by atoms with Crippen molar-refractivity contribution in [3.05, 3.63) is 42.4 Å². The number of nitrogens with zero attached hydrogens (tertiary/aromatic N) is 4. The number of aliphatic imine (C=N–C) groups is 1. The number of rotatable bonds is 9. The van der Waals surface area contributed by atoms with Crippen molar-refractivity contribution in [3.8, 4) is 0 Å². The van der Waals surface area contributed by atoms with Gasteiger partial charge in [-0.1, -0.05) is 0 Å². The molecule has 0 spiro atoms. The lowest BCUT2D eigenvalue weighted by molar-refractivity contribution is -0.137. The van der Waals surface area contributed by atoms with E-state index in [0.29, 0.717) is 24.9 Å². The van der Waals surface area contributed by atoms with E-state index in [4.69, 9.17) is 0 Å². The number of hydrogen-bond acceptors (Lipinski definition) is 4. The highest BCUT2D eigenvalue weighted by molar-refractivity contribution is 5.79. The quantitative estimate of drug-likeness (QED) is 0.352. The number of halogens is 3. The average molecular weight is 383 g/mol. The summed E-state index contributed by atoms with van der Waals surface area (Å²) in [7, 11) is 1.70. The molecule has 0 bridgehead atoms. The highest BCUT2D eigenvalue weighted by atomic mass is 19.4. The molecule has 0 saturated carbocycles. The SMILES string of the molecule is CN=C(NCCCNc1ccc(C(F)(F)F)cn1)NCCCn1cccn1. The fourth-order valence-electron chi connectivity index (χ4n) is 2.28. The van der Waals surface area contributed by atoms with E-state index in [0.717, 1.165) is 38.2 Å². The van der Waals surface area contributed by atoms with E-state index in [1.165, 1.54) is 6.07 Å². The van der Waals surface area contributed by atoms with Crippen LogP contribution in [0.2, 0.25) is 0 Å². The normalized spacial score (nSPS) is 12.1. The predicted octanol–water partition coefficient (Wildman–Crippen LogP) is 2.35. The summed E-state index contributed by atoms with van der Waals surface area (Å²) in [6.45, 7) is 2.86. The number of aryl methyl sites for hydroxylation is 1. The third-order valence-corrected chi connectivity index (χ3v) is 3.68. The first-order valence-electron chi connectivity index (χ1n) is 8.68. The van der Waals surface area contributed by atoms with Crippen molar-refractivity contribution < 1.29 is 13.2 Å². The van der Waals surface area contributed by atoms with Gasteiger partial charge in [-0.3, -0.25) is 9.67 Å². The van der Waals surface area contributed by atoms with Crippen LogP contribution in [0.3, 0.4) is 0 Å². The monoisotopic (exact) mass is 383 g/mol. The third kappa shape index (κ3) is 7.55. The van der Waals surface area contributed by atoms with Crippen molar-refractivity contribution in [1.29, 1.82) is 0 Å². The Morgan fingerprint density at radius 1 is 1.15 bits per heavy atom. The second-order valence-corrected chi connectivity index (χ2v) is 5.76. The smallest absolute Gasteiger partial charge is 0.370 e. The summed E-state index contributed by atoms with van der Waals surface area (Å²) in [4.78, 5) is 7.91. The van der Waals surface area contributed by atoms with Gasteiger partial charge in [-0.25, -0.2) is 4.98 Å². The Morgan fingerprint density at radius 2 is 1.93 bits per heavy atom. The van der Waals surface area contributed by atoms with E-state index >= 15 is 0 Å². The Hall–Kier alpha value is -2.78. The molecule has 27 heavy (non-hydrogen) atoms. The molecule has 2 aromatic rings.